The van der Waals surface area contributed by atoms with E-state index in [4.69, 9.17) is 4.74 Å². The molecular formula is C15H23FN2O2. The monoisotopic (exact) mass is 282 g/mol. The molecule has 4 nitrogen and oxygen atoms in total. The molecule has 112 valence electrons. The van der Waals surface area contributed by atoms with Gasteiger partial charge in [-0.25, -0.2) is 9.78 Å². The summed E-state index contributed by atoms with van der Waals surface area (Å²) in [5, 5.41) is 2.77. The van der Waals surface area contributed by atoms with Crippen LogP contribution in [-0.2, 0) is 11.2 Å². The second-order valence-corrected chi connectivity index (χ2v) is 5.85. The normalized spacial score (nSPS) is 12.8. The Kier molecular flexibility index (Phi) is 5.92. The van der Waals surface area contributed by atoms with E-state index in [1.165, 1.54) is 12.3 Å². The zero-order valence-electron chi connectivity index (χ0n) is 12.6. The molecule has 20 heavy (non-hydrogen) atoms. The van der Waals surface area contributed by atoms with Crippen molar-refractivity contribution in [3.8, 4) is 0 Å². The molecule has 0 aromatic carbocycles. The molecule has 0 fully saturated rings. The van der Waals surface area contributed by atoms with Crippen LogP contribution in [-0.4, -0.2) is 23.2 Å². The topological polar surface area (TPSA) is 51.2 Å². The first kappa shape index (κ1) is 16.4. The Balaban J connectivity index is 2.43. The molecule has 1 heterocycles. The lowest BCUT2D eigenvalue weighted by Gasteiger charge is -2.21. The van der Waals surface area contributed by atoms with Gasteiger partial charge in [0.05, 0.1) is 0 Å². The van der Waals surface area contributed by atoms with Gasteiger partial charge in [0.2, 0.25) is 5.95 Å². The molecule has 1 N–H and O–H groups in total. The third kappa shape index (κ3) is 6.50. The number of pyridine rings is 1. The van der Waals surface area contributed by atoms with Gasteiger partial charge in [0, 0.05) is 12.7 Å². The van der Waals surface area contributed by atoms with Crippen molar-refractivity contribution < 1.29 is 13.9 Å². The van der Waals surface area contributed by atoms with Crippen molar-refractivity contribution in [2.75, 3.05) is 6.54 Å². The zero-order chi connectivity index (χ0) is 15.2. The van der Waals surface area contributed by atoms with Crippen LogP contribution in [0.3, 0.4) is 0 Å². The van der Waals surface area contributed by atoms with Crippen LogP contribution in [0.5, 0.6) is 0 Å². The zero-order valence-corrected chi connectivity index (χ0v) is 12.6. The third-order valence-electron chi connectivity index (χ3n) is 2.82. The standard InChI is InChI=1S/C15H23FN2O2/c1-5-11(8-12-6-7-13(16)17-10-12)9-18-14(19)20-15(2,3)4/h6-7,10-11H,5,8-9H2,1-4H3,(H,18,19). The molecule has 0 saturated heterocycles. The van der Waals surface area contributed by atoms with Gasteiger partial charge in [-0.05, 0) is 44.7 Å². The van der Waals surface area contributed by atoms with Crippen molar-refractivity contribution in [2.45, 2.75) is 46.1 Å². The molecule has 5 heteroatoms. The van der Waals surface area contributed by atoms with E-state index in [2.05, 4.69) is 17.2 Å². The minimum Gasteiger partial charge on any atom is -0.444 e. The predicted molar refractivity (Wildman–Crippen MR) is 75.9 cm³/mol. The fraction of sp³-hybridized carbons (Fsp3) is 0.600. The Hall–Kier alpha value is -1.65. The molecule has 1 rings (SSSR count). The van der Waals surface area contributed by atoms with E-state index in [1.807, 2.05) is 20.8 Å². The van der Waals surface area contributed by atoms with Crippen molar-refractivity contribution in [3.05, 3.63) is 29.8 Å². The van der Waals surface area contributed by atoms with Crippen molar-refractivity contribution in [2.24, 2.45) is 5.92 Å². The van der Waals surface area contributed by atoms with Crippen molar-refractivity contribution in [3.63, 3.8) is 0 Å². The van der Waals surface area contributed by atoms with Crippen LogP contribution >= 0.6 is 0 Å². The Morgan fingerprint density at radius 1 is 1.45 bits per heavy atom. The van der Waals surface area contributed by atoms with E-state index in [0.717, 1.165) is 18.4 Å². The van der Waals surface area contributed by atoms with Gasteiger partial charge in [-0.1, -0.05) is 19.4 Å². The number of aromatic nitrogens is 1. The first-order valence-corrected chi connectivity index (χ1v) is 6.87. The second kappa shape index (κ2) is 7.22. The second-order valence-electron chi connectivity index (χ2n) is 5.85. The molecule has 1 unspecified atom stereocenters. The Morgan fingerprint density at radius 3 is 2.65 bits per heavy atom. The van der Waals surface area contributed by atoms with E-state index < -0.39 is 17.6 Å². The van der Waals surface area contributed by atoms with E-state index in [9.17, 15) is 9.18 Å². The average molecular weight is 282 g/mol. The number of hydrogen-bond donors (Lipinski definition) is 1. The van der Waals surface area contributed by atoms with Crippen LogP contribution in [0.1, 0.15) is 39.7 Å². The average Bonchev–Trinajstić information content (AvgIpc) is 2.34. The Bertz CT molecular complexity index is 426. The maximum absolute atomic E-state index is 12.7. The summed E-state index contributed by atoms with van der Waals surface area (Å²) < 4.78 is 17.9. The fourth-order valence-electron chi connectivity index (χ4n) is 1.76. The first-order chi connectivity index (χ1) is 9.30. The number of alkyl carbamates (subject to hydrolysis) is 1. The SMILES string of the molecule is CCC(CNC(=O)OC(C)(C)C)Cc1ccc(F)nc1. The molecule has 0 spiro atoms. The van der Waals surface area contributed by atoms with Crippen LogP contribution in [0.4, 0.5) is 9.18 Å². The molecule has 0 saturated carbocycles. The summed E-state index contributed by atoms with van der Waals surface area (Å²) in [6, 6.07) is 3.07. The van der Waals surface area contributed by atoms with E-state index >= 15 is 0 Å². The summed E-state index contributed by atoms with van der Waals surface area (Å²) >= 11 is 0. The minimum absolute atomic E-state index is 0.273. The largest absolute Gasteiger partial charge is 0.444 e. The summed E-state index contributed by atoms with van der Waals surface area (Å²) in [6.07, 6.45) is 2.78. The minimum atomic E-state index is -0.493. The highest BCUT2D eigenvalue weighted by Crippen LogP contribution is 2.12. The van der Waals surface area contributed by atoms with E-state index in [0.29, 0.717) is 6.54 Å². The summed E-state index contributed by atoms with van der Waals surface area (Å²) in [6.45, 7) is 8.07. The molecule has 0 aliphatic carbocycles. The summed E-state index contributed by atoms with van der Waals surface area (Å²) in [7, 11) is 0. The highest BCUT2D eigenvalue weighted by atomic mass is 19.1. The predicted octanol–water partition coefficient (Wildman–Crippen LogP) is 3.31. The van der Waals surface area contributed by atoms with Gasteiger partial charge in [0.25, 0.3) is 0 Å². The fourth-order valence-corrected chi connectivity index (χ4v) is 1.76. The van der Waals surface area contributed by atoms with Crippen LogP contribution in [0.25, 0.3) is 0 Å². The quantitative estimate of drug-likeness (QED) is 0.843. The maximum atomic E-state index is 12.7. The summed E-state index contributed by atoms with van der Waals surface area (Å²) in [4.78, 5) is 15.2. The number of halogens is 1. The smallest absolute Gasteiger partial charge is 0.407 e. The first-order valence-electron chi connectivity index (χ1n) is 6.87. The van der Waals surface area contributed by atoms with Gasteiger partial charge in [0.15, 0.2) is 0 Å². The molecule has 1 aromatic heterocycles. The van der Waals surface area contributed by atoms with Crippen molar-refractivity contribution in [1.29, 1.82) is 0 Å². The van der Waals surface area contributed by atoms with Crippen LogP contribution in [0.15, 0.2) is 18.3 Å². The third-order valence-corrected chi connectivity index (χ3v) is 2.82. The summed E-state index contributed by atoms with van der Waals surface area (Å²) in [5.41, 5.74) is 0.469. The molecule has 0 aliphatic rings. The van der Waals surface area contributed by atoms with Gasteiger partial charge >= 0.3 is 6.09 Å². The highest BCUT2D eigenvalue weighted by Gasteiger charge is 2.17. The molecule has 1 atom stereocenters. The van der Waals surface area contributed by atoms with Gasteiger partial charge in [-0.15, -0.1) is 0 Å². The van der Waals surface area contributed by atoms with Gasteiger partial charge in [0.1, 0.15) is 5.60 Å². The van der Waals surface area contributed by atoms with E-state index in [-0.39, 0.29) is 5.92 Å². The van der Waals surface area contributed by atoms with Gasteiger partial charge in [-0.2, -0.15) is 4.39 Å². The molecule has 1 amide bonds. The summed E-state index contributed by atoms with van der Waals surface area (Å²) in [5.74, 6) is -0.205. The van der Waals surface area contributed by atoms with Crippen molar-refractivity contribution >= 4 is 6.09 Å². The molecule has 0 aliphatic heterocycles. The molecule has 1 aromatic rings. The number of carbonyl (C=O) groups excluding carboxylic acids is 1. The highest BCUT2D eigenvalue weighted by molar-refractivity contribution is 5.67. The maximum Gasteiger partial charge on any atom is 0.407 e. The van der Waals surface area contributed by atoms with Gasteiger partial charge in [-0.3, -0.25) is 0 Å². The van der Waals surface area contributed by atoms with Crippen molar-refractivity contribution in [1.82, 2.24) is 10.3 Å². The number of ether oxygens (including phenoxy) is 1. The molecule has 0 radical (unpaired) electrons. The lowest BCUT2D eigenvalue weighted by atomic mass is 9.98. The Morgan fingerprint density at radius 2 is 2.15 bits per heavy atom. The molecular weight excluding hydrogens is 259 g/mol. The van der Waals surface area contributed by atoms with Gasteiger partial charge < -0.3 is 10.1 Å². The number of rotatable bonds is 5. The number of carbonyl (C=O) groups is 1. The molecule has 0 bridgehead atoms. The number of nitrogens with one attached hydrogen (secondary N) is 1. The van der Waals surface area contributed by atoms with E-state index in [1.54, 1.807) is 6.07 Å². The van der Waals surface area contributed by atoms with Crippen LogP contribution in [0, 0.1) is 11.9 Å². The number of nitrogens with zero attached hydrogens (tertiary/aromatic N) is 1. The lowest BCUT2D eigenvalue weighted by molar-refractivity contribution is 0.0518. The van der Waals surface area contributed by atoms with Crippen LogP contribution < -0.4 is 5.32 Å². The van der Waals surface area contributed by atoms with Crippen LogP contribution in [0.2, 0.25) is 0 Å². The number of hydrogen-bond acceptors (Lipinski definition) is 3. The Labute approximate surface area is 119 Å². The lowest BCUT2D eigenvalue weighted by Crippen LogP contribution is -2.35. The number of amides is 1.